The molecule has 2 rings (SSSR count). The average Bonchev–Trinajstić information content (AvgIpc) is 2.18. The average molecular weight is 222 g/mol. The van der Waals surface area contributed by atoms with Crippen LogP contribution in [0.15, 0.2) is 42.5 Å². The molecular weight excluding hydrogens is 215 g/mol. The first kappa shape index (κ1) is 9.57. The standard InChI is InChI=1S/C12H7Cl2/c13-10-5-3-4-9(8-10)11-6-1-2-7-12(11)14/h1,3-8H. The predicted molar refractivity (Wildman–Crippen MR) is 60.7 cm³/mol. The van der Waals surface area contributed by atoms with Gasteiger partial charge in [-0.25, -0.2) is 0 Å². The van der Waals surface area contributed by atoms with Crippen LogP contribution in [-0.2, 0) is 0 Å². The third-order valence-electron chi connectivity index (χ3n) is 1.95. The Labute approximate surface area is 93.1 Å². The summed E-state index contributed by atoms with van der Waals surface area (Å²) in [5, 5.41) is 1.40. The minimum atomic E-state index is 0.690. The first-order valence-corrected chi connectivity index (χ1v) is 4.94. The molecule has 0 fully saturated rings. The number of halogens is 2. The molecule has 1 radical (unpaired) electrons. The molecule has 0 unspecified atom stereocenters. The molecule has 2 heteroatoms. The minimum absolute atomic E-state index is 0.690. The van der Waals surface area contributed by atoms with Gasteiger partial charge in [-0.3, -0.25) is 0 Å². The van der Waals surface area contributed by atoms with E-state index in [-0.39, 0.29) is 0 Å². The Hall–Kier alpha value is -0.980. The fourth-order valence-electron chi connectivity index (χ4n) is 1.30. The number of hydrogen-bond donors (Lipinski definition) is 0. The van der Waals surface area contributed by atoms with Gasteiger partial charge >= 0.3 is 0 Å². The van der Waals surface area contributed by atoms with Gasteiger partial charge in [0.05, 0.1) is 0 Å². The molecule has 0 spiro atoms. The molecule has 0 heterocycles. The van der Waals surface area contributed by atoms with Gasteiger partial charge in [0.1, 0.15) is 0 Å². The molecule has 69 valence electrons. The van der Waals surface area contributed by atoms with E-state index in [9.17, 15) is 0 Å². The van der Waals surface area contributed by atoms with E-state index in [4.69, 9.17) is 23.2 Å². The summed E-state index contributed by atoms with van der Waals surface area (Å²) >= 11 is 11.9. The number of rotatable bonds is 1. The summed E-state index contributed by atoms with van der Waals surface area (Å²) in [7, 11) is 0. The quantitative estimate of drug-likeness (QED) is 0.668. The Morgan fingerprint density at radius 1 is 1.07 bits per heavy atom. The first-order chi connectivity index (χ1) is 6.77. The van der Waals surface area contributed by atoms with Crippen molar-refractivity contribution in [1.29, 1.82) is 0 Å². The predicted octanol–water partition coefficient (Wildman–Crippen LogP) is 4.46. The van der Waals surface area contributed by atoms with Crippen LogP contribution in [0.3, 0.4) is 0 Å². The molecule has 0 aliphatic rings. The summed E-state index contributed by atoms with van der Waals surface area (Å²) < 4.78 is 0. The van der Waals surface area contributed by atoms with Crippen molar-refractivity contribution in [2.75, 3.05) is 0 Å². The highest BCUT2D eigenvalue weighted by atomic mass is 35.5. The van der Waals surface area contributed by atoms with Gasteiger partial charge in [0.2, 0.25) is 0 Å². The van der Waals surface area contributed by atoms with Crippen molar-refractivity contribution in [3.63, 3.8) is 0 Å². The largest absolute Gasteiger partial charge is 0.0843 e. The van der Waals surface area contributed by atoms with Gasteiger partial charge in [0.15, 0.2) is 0 Å². The van der Waals surface area contributed by atoms with Gasteiger partial charge in [-0.1, -0.05) is 47.5 Å². The summed E-state index contributed by atoms with van der Waals surface area (Å²) in [6.45, 7) is 0. The van der Waals surface area contributed by atoms with Crippen LogP contribution in [0.1, 0.15) is 0 Å². The van der Waals surface area contributed by atoms with Gasteiger partial charge in [-0.05, 0) is 29.8 Å². The molecule has 0 nitrogen and oxygen atoms in total. The molecule has 0 atom stereocenters. The summed E-state index contributed by atoms with van der Waals surface area (Å²) in [5.41, 5.74) is 2.00. The molecular formula is C12H7Cl2. The zero-order valence-corrected chi connectivity index (χ0v) is 8.81. The summed E-state index contributed by atoms with van der Waals surface area (Å²) in [6, 6.07) is 16.0. The van der Waals surface area contributed by atoms with Crippen molar-refractivity contribution in [3.8, 4) is 11.1 Å². The summed E-state index contributed by atoms with van der Waals surface area (Å²) in [6.07, 6.45) is 0. The van der Waals surface area contributed by atoms with Crippen molar-refractivity contribution in [2.24, 2.45) is 0 Å². The van der Waals surface area contributed by atoms with Gasteiger partial charge in [-0.2, -0.15) is 0 Å². The molecule has 0 saturated heterocycles. The Balaban J connectivity index is 2.55. The van der Waals surface area contributed by atoms with Crippen molar-refractivity contribution in [1.82, 2.24) is 0 Å². The lowest BCUT2D eigenvalue weighted by Gasteiger charge is -2.03. The third-order valence-corrected chi connectivity index (χ3v) is 2.50. The molecule has 14 heavy (non-hydrogen) atoms. The SMILES string of the molecule is Clc1cccc(-c2cc[c]cc2Cl)c1. The lowest BCUT2D eigenvalue weighted by Crippen LogP contribution is -1.78. The Morgan fingerprint density at radius 3 is 2.64 bits per heavy atom. The smallest absolute Gasteiger partial charge is 0.0490 e. The van der Waals surface area contributed by atoms with Crippen molar-refractivity contribution < 1.29 is 0 Å². The maximum Gasteiger partial charge on any atom is 0.0490 e. The second-order valence-corrected chi connectivity index (χ2v) is 3.76. The third kappa shape index (κ3) is 1.92. The summed E-state index contributed by atoms with van der Waals surface area (Å²) in [4.78, 5) is 0. The molecule has 2 aromatic rings. The van der Waals surface area contributed by atoms with E-state index in [1.807, 2.05) is 36.4 Å². The molecule has 2 aromatic carbocycles. The topological polar surface area (TPSA) is 0 Å². The second-order valence-electron chi connectivity index (χ2n) is 2.92. The highest BCUT2D eigenvalue weighted by Crippen LogP contribution is 2.28. The molecule has 0 aliphatic carbocycles. The Morgan fingerprint density at radius 2 is 1.93 bits per heavy atom. The van der Waals surface area contributed by atoms with E-state index < -0.39 is 0 Å². The second kappa shape index (κ2) is 4.04. The van der Waals surface area contributed by atoms with Crippen molar-refractivity contribution in [3.05, 3.63) is 58.6 Å². The molecule has 0 N–H and O–H groups in total. The first-order valence-electron chi connectivity index (χ1n) is 4.19. The zero-order valence-electron chi connectivity index (χ0n) is 7.30. The number of hydrogen-bond acceptors (Lipinski definition) is 0. The van der Waals surface area contributed by atoms with E-state index in [1.165, 1.54) is 0 Å². The van der Waals surface area contributed by atoms with Crippen LogP contribution in [0.5, 0.6) is 0 Å². The van der Waals surface area contributed by atoms with E-state index in [1.54, 1.807) is 6.07 Å². The van der Waals surface area contributed by atoms with Gasteiger partial charge in [0, 0.05) is 15.6 Å². The van der Waals surface area contributed by atoms with Crippen molar-refractivity contribution >= 4 is 23.2 Å². The lowest BCUT2D eigenvalue weighted by molar-refractivity contribution is 1.61. The zero-order chi connectivity index (χ0) is 9.97. The monoisotopic (exact) mass is 221 g/mol. The highest BCUT2D eigenvalue weighted by molar-refractivity contribution is 6.33. The molecule has 0 amide bonds. The normalized spacial score (nSPS) is 10.1. The maximum atomic E-state index is 6.04. The summed E-state index contributed by atoms with van der Waals surface area (Å²) in [5.74, 6) is 0. The van der Waals surface area contributed by atoms with Crippen LogP contribution in [0, 0.1) is 6.07 Å². The van der Waals surface area contributed by atoms with Crippen LogP contribution in [-0.4, -0.2) is 0 Å². The van der Waals surface area contributed by atoms with E-state index >= 15 is 0 Å². The van der Waals surface area contributed by atoms with Gasteiger partial charge < -0.3 is 0 Å². The fraction of sp³-hybridized carbons (Fsp3) is 0. The van der Waals surface area contributed by atoms with Crippen molar-refractivity contribution in [2.45, 2.75) is 0 Å². The molecule has 0 aliphatic heterocycles. The molecule has 0 aromatic heterocycles. The van der Waals surface area contributed by atoms with Crippen LogP contribution in [0.2, 0.25) is 10.0 Å². The highest BCUT2D eigenvalue weighted by Gasteiger charge is 2.01. The van der Waals surface area contributed by atoms with Crippen LogP contribution < -0.4 is 0 Å². The van der Waals surface area contributed by atoms with Crippen LogP contribution >= 0.6 is 23.2 Å². The molecule has 0 bridgehead atoms. The fourth-order valence-corrected chi connectivity index (χ4v) is 1.73. The Bertz CT molecular complexity index is 450. The minimum Gasteiger partial charge on any atom is -0.0843 e. The van der Waals surface area contributed by atoms with E-state index in [0.29, 0.717) is 10.0 Å². The van der Waals surface area contributed by atoms with Gasteiger partial charge in [-0.15, -0.1) is 0 Å². The lowest BCUT2D eigenvalue weighted by atomic mass is 10.1. The van der Waals surface area contributed by atoms with Crippen LogP contribution in [0.25, 0.3) is 11.1 Å². The van der Waals surface area contributed by atoms with Gasteiger partial charge in [0.25, 0.3) is 0 Å². The Kier molecular flexibility index (Phi) is 2.76. The maximum absolute atomic E-state index is 6.04. The van der Waals surface area contributed by atoms with E-state index in [0.717, 1.165) is 11.1 Å². The van der Waals surface area contributed by atoms with Crippen LogP contribution in [0.4, 0.5) is 0 Å². The molecule has 0 saturated carbocycles. The number of benzene rings is 2. The van der Waals surface area contributed by atoms with E-state index in [2.05, 4.69) is 6.07 Å².